The van der Waals surface area contributed by atoms with E-state index in [1.807, 2.05) is 0 Å². The van der Waals surface area contributed by atoms with Gasteiger partial charge in [-0.15, -0.1) is 0 Å². The van der Waals surface area contributed by atoms with E-state index in [9.17, 15) is 0 Å². The molecular weight excluding hydrogens is 258 g/mol. The van der Waals surface area contributed by atoms with Crippen molar-refractivity contribution in [3.05, 3.63) is 35.4 Å². The van der Waals surface area contributed by atoms with Crippen molar-refractivity contribution in [1.82, 2.24) is 4.90 Å². The summed E-state index contributed by atoms with van der Waals surface area (Å²) >= 11 is 0. The molecule has 1 saturated carbocycles. The highest BCUT2D eigenvalue weighted by Gasteiger charge is 2.34. The molecule has 1 heterocycles. The molecule has 1 aliphatic carbocycles. The summed E-state index contributed by atoms with van der Waals surface area (Å²) < 4.78 is 0. The fourth-order valence-corrected chi connectivity index (χ4v) is 3.60. The second kappa shape index (κ2) is 5.36. The third-order valence-corrected chi connectivity index (χ3v) is 4.91. The number of aliphatic imine (C=N–C) groups is 1. The van der Waals surface area contributed by atoms with Crippen LogP contribution in [0.2, 0.25) is 0 Å². The maximum atomic E-state index is 6.16. The van der Waals surface area contributed by atoms with Crippen LogP contribution in [0, 0.1) is 0 Å². The van der Waals surface area contributed by atoms with Gasteiger partial charge in [-0.25, -0.2) is 0 Å². The molecule has 3 nitrogen and oxygen atoms in total. The summed E-state index contributed by atoms with van der Waals surface area (Å²) in [5.41, 5.74) is 9.09. The van der Waals surface area contributed by atoms with Crippen LogP contribution >= 0.6 is 0 Å². The van der Waals surface area contributed by atoms with Crippen LogP contribution in [0.15, 0.2) is 29.3 Å². The molecule has 1 atom stereocenters. The van der Waals surface area contributed by atoms with Crippen molar-refractivity contribution < 1.29 is 0 Å². The minimum absolute atomic E-state index is 0.203. The van der Waals surface area contributed by atoms with Crippen LogP contribution in [0.4, 0.5) is 0 Å². The number of rotatable bonds is 2. The molecule has 3 rings (SSSR count). The van der Waals surface area contributed by atoms with Gasteiger partial charge in [-0.2, -0.15) is 0 Å². The van der Waals surface area contributed by atoms with Crippen LogP contribution in [0.1, 0.15) is 63.6 Å². The Morgan fingerprint density at radius 2 is 1.71 bits per heavy atom. The number of nitrogens with zero attached hydrogens (tertiary/aromatic N) is 2. The Labute approximate surface area is 128 Å². The zero-order valence-electron chi connectivity index (χ0n) is 13.5. The van der Waals surface area contributed by atoms with Gasteiger partial charge in [-0.05, 0) is 29.4 Å². The van der Waals surface area contributed by atoms with Gasteiger partial charge < -0.3 is 10.6 Å². The van der Waals surface area contributed by atoms with Gasteiger partial charge in [0.15, 0.2) is 5.96 Å². The standard InChI is InChI=1S/C18H27N3/c1-18(2,3)14-10-8-13(9-11-14)16-12-20-17(19)21(16)15-6-4-5-7-15/h8-11,15-16H,4-7,12H2,1-3H3,(H2,19,20). The van der Waals surface area contributed by atoms with E-state index < -0.39 is 0 Å². The minimum Gasteiger partial charge on any atom is -0.370 e. The highest BCUT2D eigenvalue weighted by Crippen LogP contribution is 2.34. The average Bonchev–Trinajstić information content (AvgIpc) is 3.06. The zero-order chi connectivity index (χ0) is 15.0. The van der Waals surface area contributed by atoms with Gasteiger partial charge in [0.2, 0.25) is 0 Å². The largest absolute Gasteiger partial charge is 0.370 e. The lowest BCUT2D eigenvalue weighted by atomic mass is 9.86. The summed E-state index contributed by atoms with van der Waals surface area (Å²) in [7, 11) is 0. The number of hydrogen-bond donors (Lipinski definition) is 1. The summed E-state index contributed by atoms with van der Waals surface area (Å²) in [6, 6.07) is 9.97. The maximum absolute atomic E-state index is 6.16. The Morgan fingerprint density at radius 1 is 1.10 bits per heavy atom. The Bertz CT molecular complexity index is 518. The third-order valence-electron chi connectivity index (χ3n) is 4.91. The Hall–Kier alpha value is -1.51. The molecule has 1 aromatic carbocycles. The second-order valence-corrected chi connectivity index (χ2v) is 7.43. The monoisotopic (exact) mass is 285 g/mol. The van der Waals surface area contributed by atoms with E-state index in [-0.39, 0.29) is 5.41 Å². The van der Waals surface area contributed by atoms with Crippen LogP contribution in [-0.4, -0.2) is 23.4 Å². The van der Waals surface area contributed by atoms with Gasteiger partial charge >= 0.3 is 0 Å². The van der Waals surface area contributed by atoms with E-state index in [1.165, 1.54) is 36.8 Å². The van der Waals surface area contributed by atoms with Crippen molar-refractivity contribution in [1.29, 1.82) is 0 Å². The fourth-order valence-electron chi connectivity index (χ4n) is 3.60. The molecule has 0 saturated heterocycles. The van der Waals surface area contributed by atoms with Crippen LogP contribution in [0.5, 0.6) is 0 Å². The molecule has 2 N–H and O–H groups in total. The number of benzene rings is 1. The van der Waals surface area contributed by atoms with Gasteiger partial charge in [0.05, 0.1) is 12.6 Å². The molecule has 0 spiro atoms. The van der Waals surface area contributed by atoms with Crippen molar-refractivity contribution >= 4 is 5.96 Å². The van der Waals surface area contributed by atoms with Crippen molar-refractivity contribution in [3.63, 3.8) is 0 Å². The maximum Gasteiger partial charge on any atom is 0.192 e. The highest BCUT2D eigenvalue weighted by molar-refractivity contribution is 5.80. The first-order chi connectivity index (χ1) is 9.97. The van der Waals surface area contributed by atoms with Crippen LogP contribution < -0.4 is 5.73 Å². The first-order valence-corrected chi connectivity index (χ1v) is 8.15. The second-order valence-electron chi connectivity index (χ2n) is 7.43. The molecule has 3 heteroatoms. The molecule has 1 aliphatic heterocycles. The van der Waals surface area contributed by atoms with Crippen molar-refractivity contribution in [3.8, 4) is 0 Å². The summed E-state index contributed by atoms with van der Waals surface area (Å²) in [5, 5.41) is 0. The normalized spacial score (nSPS) is 23.7. The molecule has 0 amide bonds. The highest BCUT2D eigenvalue weighted by atomic mass is 15.3. The number of hydrogen-bond acceptors (Lipinski definition) is 3. The average molecular weight is 285 g/mol. The summed E-state index contributed by atoms with van der Waals surface area (Å²) in [5.74, 6) is 0.742. The molecule has 0 aromatic heterocycles. The van der Waals surface area contributed by atoms with Gasteiger partial charge in [0, 0.05) is 6.04 Å². The van der Waals surface area contributed by atoms with Crippen molar-refractivity contribution in [2.75, 3.05) is 6.54 Å². The predicted octanol–water partition coefficient (Wildman–Crippen LogP) is 3.60. The number of nitrogens with two attached hydrogens (primary N) is 1. The van der Waals surface area contributed by atoms with Gasteiger partial charge in [-0.3, -0.25) is 4.99 Å². The smallest absolute Gasteiger partial charge is 0.192 e. The topological polar surface area (TPSA) is 41.6 Å². The van der Waals surface area contributed by atoms with E-state index in [0.717, 1.165) is 12.5 Å². The number of guanidine groups is 1. The van der Waals surface area contributed by atoms with Crippen LogP contribution in [0.3, 0.4) is 0 Å². The van der Waals surface area contributed by atoms with Crippen molar-refractivity contribution in [2.45, 2.75) is 64.0 Å². The lowest BCUT2D eigenvalue weighted by molar-refractivity contribution is 0.262. The minimum atomic E-state index is 0.203. The Balaban J connectivity index is 1.82. The van der Waals surface area contributed by atoms with E-state index in [0.29, 0.717) is 12.1 Å². The summed E-state index contributed by atoms with van der Waals surface area (Å²) in [4.78, 5) is 6.89. The lowest BCUT2D eigenvalue weighted by Gasteiger charge is -2.32. The van der Waals surface area contributed by atoms with E-state index in [1.54, 1.807) is 0 Å². The van der Waals surface area contributed by atoms with Crippen LogP contribution in [0.25, 0.3) is 0 Å². The third kappa shape index (κ3) is 2.78. The Morgan fingerprint density at radius 3 is 2.29 bits per heavy atom. The van der Waals surface area contributed by atoms with Crippen LogP contribution in [-0.2, 0) is 5.41 Å². The molecule has 2 aliphatic rings. The molecule has 21 heavy (non-hydrogen) atoms. The van der Waals surface area contributed by atoms with Gasteiger partial charge in [0.25, 0.3) is 0 Å². The van der Waals surface area contributed by atoms with E-state index in [2.05, 4.69) is 54.9 Å². The molecule has 0 radical (unpaired) electrons. The summed E-state index contributed by atoms with van der Waals surface area (Å²) in [6.45, 7) is 7.56. The van der Waals surface area contributed by atoms with E-state index >= 15 is 0 Å². The molecule has 0 bridgehead atoms. The summed E-state index contributed by atoms with van der Waals surface area (Å²) in [6.07, 6.45) is 5.16. The molecule has 114 valence electrons. The molecule has 1 fully saturated rings. The van der Waals surface area contributed by atoms with Crippen molar-refractivity contribution in [2.24, 2.45) is 10.7 Å². The first kappa shape index (κ1) is 14.4. The first-order valence-electron chi connectivity index (χ1n) is 8.15. The predicted molar refractivity (Wildman–Crippen MR) is 88.5 cm³/mol. The molecule has 1 aromatic rings. The van der Waals surface area contributed by atoms with E-state index in [4.69, 9.17) is 5.73 Å². The Kier molecular flexibility index (Phi) is 3.68. The molecular formula is C18H27N3. The van der Waals surface area contributed by atoms with Gasteiger partial charge in [-0.1, -0.05) is 57.9 Å². The fraction of sp³-hybridized carbons (Fsp3) is 0.611. The lowest BCUT2D eigenvalue weighted by Crippen LogP contribution is -2.42. The molecule has 1 unspecified atom stereocenters. The zero-order valence-corrected chi connectivity index (χ0v) is 13.5. The quantitative estimate of drug-likeness (QED) is 0.902. The SMILES string of the molecule is CC(C)(C)c1ccc(C2CN=C(N)N2C2CCCC2)cc1. The van der Waals surface area contributed by atoms with Gasteiger partial charge in [0.1, 0.15) is 0 Å².